The third kappa shape index (κ3) is 3.41. The van der Waals surface area contributed by atoms with Crippen LogP contribution in [-0.2, 0) is 9.47 Å². The first-order chi connectivity index (χ1) is 8.16. The Morgan fingerprint density at radius 2 is 2.18 bits per heavy atom. The summed E-state index contributed by atoms with van der Waals surface area (Å²) in [6.07, 6.45) is 3.59. The molecule has 0 aromatic rings. The van der Waals surface area contributed by atoms with Crippen molar-refractivity contribution in [2.45, 2.75) is 50.8 Å². The minimum atomic E-state index is -0.239. The minimum Gasteiger partial charge on any atom is -0.394 e. The van der Waals surface area contributed by atoms with Crippen LogP contribution in [-0.4, -0.2) is 49.2 Å². The van der Waals surface area contributed by atoms with Gasteiger partial charge in [-0.15, -0.1) is 0 Å². The van der Waals surface area contributed by atoms with E-state index in [1.54, 1.807) is 0 Å². The highest BCUT2D eigenvalue weighted by molar-refractivity contribution is 5.02. The zero-order chi connectivity index (χ0) is 12.3. The van der Waals surface area contributed by atoms with Gasteiger partial charge in [-0.1, -0.05) is 13.8 Å². The lowest BCUT2D eigenvalue weighted by atomic mass is 9.94. The van der Waals surface area contributed by atoms with Gasteiger partial charge in [0.2, 0.25) is 0 Å². The van der Waals surface area contributed by atoms with Gasteiger partial charge in [-0.2, -0.15) is 0 Å². The Hall–Kier alpha value is -0.160. The maximum absolute atomic E-state index is 9.74. The molecule has 0 spiro atoms. The van der Waals surface area contributed by atoms with Crippen LogP contribution in [0.3, 0.4) is 0 Å². The normalized spacial score (nSPS) is 28.6. The summed E-state index contributed by atoms with van der Waals surface area (Å²) in [4.78, 5) is 0. The van der Waals surface area contributed by atoms with Crippen molar-refractivity contribution in [2.24, 2.45) is 5.92 Å². The van der Waals surface area contributed by atoms with E-state index in [4.69, 9.17) is 9.47 Å². The molecule has 2 fully saturated rings. The van der Waals surface area contributed by atoms with E-state index in [0.717, 1.165) is 13.0 Å². The number of aliphatic hydroxyl groups is 1. The highest BCUT2D eigenvalue weighted by Crippen LogP contribution is 2.40. The van der Waals surface area contributed by atoms with Crippen LogP contribution in [0.15, 0.2) is 0 Å². The van der Waals surface area contributed by atoms with E-state index < -0.39 is 0 Å². The maximum atomic E-state index is 9.74. The molecule has 4 heteroatoms. The van der Waals surface area contributed by atoms with Crippen molar-refractivity contribution >= 4 is 0 Å². The minimum absolute atomic E-state index is 0.156. The van der Waals surface area contributed by atoms with Gasteiger partial charge >= 0.3 is 0 Å². The molecule has 2 aliphatic rings. The molecule has 2 atom stereocenters. The van der Waals surface area contributed by atoms with Crippen molar-refractivity contribution in [1.29, 1.82) is 0 Å². The molecular formula is C13H25NO3. The molecule has 1 saturated carbocycles. The first-order valence-electron chi connectivity index (χ1n) is 6.74. The van der Waals surface area contributed by atoms with Crippen molar-refractivity contribution in [3.8, 4) is 0 Å². The molecule has 17 heavy (non-hydrogen) atoms. The van der Waals surface area contributed by atoms with Gasteiger partial charge in [-0.25, -0.2) is 0 Å². The summed E-state index contributed by atoms with van der Waals surface area (Å²) in [6.45, 7) is 6.49. The topological polar surface area (TPSA) is 50.7 Å². The molecule has 0 amide bonds. The highest BCUT2D eigenvalue weighted by Gasteiger charge is 2.45. The first-order valence-corrected chi connectivity index (χ1v) is 6.74. The predicted octanol–water partition coefficient (Wildman–Crippen LogP) is 0.931. The van der Waals surface area contributed by atoms with Crippen LogP contribution in [0.25, 0.3) is 0 Å². The standard InChI is InChI=1S/C13H25NO3/c1-10(2)14-13(8-15,11-3-4-11)9-17-12-5-6-16-7-12/h10-12,14-15H,3-9H2,1-2H3. The predicted molar refractivity (Wildman–Crippen MR) is 66.0 cm³/mol. The molecule has 0 aromatic heterocycles. The van der Waals surface area contributed by atoms with Crippen molar-refractivity contribution in [3.05, 3.63) is 0 Å². The lowest BCUT2D eigenvalue weighted by molar-refractivity contribution is -0.0235. The van der Waals surface area contributed by atoms with Crippen LogP contribution in [0, 0.1) is 5.92 Å². The van der Waals surface area contributed by atoms with Crippen molar-refractivity contribution < 1.29 is 14.6 Å². The van der Waals surface area contributed by atoms with Crippen LogP contribution < -0.4 is 5.32 Å². The number of hydrogen-bond acceptors (Lipinski definition) is 4. The largest absolute Gasteiger partial charge is 0.394 e. The Labute approximate surface area is 104 Å². The van der Waals surface area contributed by atoms with Gasteiger partial charge in [0, 0.05) is 12.6 Å². The van der Waals surface area contributed by atoms with Crippen molar-refractivity contribution in [1.82, 2.24) is 5.32 Å². The second-order valence-corrected chi connectivity index (χ2v) is 5.68. The fourth-order valence-corrected chi connectivity index (χ4v) is 2.62. The van der Waals surface area contributed by atoms with E-state index in [9.17, 15) is 5.11 Å². The summed E-state index contributed by atoms with van der Waals surface area (Å²) in [5, 5.41) is 13.2. The Morgan fingerprint density at radius 3 is 2.65 bits per heavy atom. The average molecular weight is 243 g/mol. The van der Waals surface area contributed by atoms with Gasteiger partial charge in [0.1, 0.15) is 0 Å². The van der Waals surface area contributed by atoms with Gasteiger partial charge in [-0.3, -0.25) is 0 Å². The van der Waals surface area contributed by atoms with Gasteiger partial charge < -0.3 is 19.9 Å². The number of rotatable bonds is 7. The zero-order valence-electron chi connectivity index (χ0n) is 10.9. The highest BCUT2D eigenvalue weighted by atomic mass is 16.5. The van der Waals surface area contributed by atoms with Gasteiger partial charge in [0.25, 0.3) is 0 Å². The molecule has 4 nitrogen and oxygen atoms in total. The summed E-state index contributed by atoms with van der Waals surface area (Å²) in [6, 6.07) is 0.367. The lowest BCUT2D eigenvalue weighted by Crippen LogP contribution is -2.57. The quantitative estimate of drug-likeness (QED) is 0.698. The van der Waals surface area contributed by atoms with Crippen molar-refractivity contribution in [3.63, 3.8) is 0 Å². The average Bonchev–Trinajstić information content (AvgIpc) is 3.02. The number of ether oxygens (including phenoxy) is 2. The summed E-state index contributed by atoms with van der Waals surface area (Å²) in [5.41, 5.74) is -0.239. The fourth-order valence-electron chi connectivity index (χ4n) is 2.62. The number of aliphatic hydroxyl groups excluding tert-OH is 1. The molecule has 2 rings (SSSR count). The van der Waals surface area contributed by atoms with Crippen LogP contribution in [0.5, 0.6) is 0 Å². The van der Waals surface area contributed by atoms with E-state index >= 15 is 0 Å². The Morgan fingerprint density at radius 1 is 1.41 bits per heavy atom. The van der Waals surface area contributed by atoms with Gasteiger partial charge in [-0.05, 0) is 25.2 Å². The summed E-state index contributed by atoms with van der Waals surface area (Å²) in [7, 11) is 0. The lowest BCUT2D eigenvalue weighted by Gasteiger charge is -2.36. The zero-order valence-corrected chi connectivity index (χ0v) is 10.9. The summed E-state index contributed by atoms with van der Waals surface area (Å²) >= 11 is 0. The second-order valence-electron chi connectivity index (χ2n) is 5.68. The summed E-state index contributed by atoms with van der Waals surface area (Å²) < 4.78 is 11.2. The third-order valence-corrected chi connectivity index (χ3v) is 3.68. The van der Waals surface area contributed by atoms with E-state index in [2.05, 4.69) is 19.2 Å². The molecular weight excluding hydrogens is 218 g/mol. The Kier molecular flexibility index (Phi) is 4.42. The molecule has 1 aliphatic heterocycles. The molecule has 1 saturated heterocycles. The molecule has 2 N–H and O–H groups in total. The van der Waals surface area contributed by atoms with Crippen LogP contribution in [0.2, 0.25) is 0 Å². The SMILES string of the molecule is CC(C)NC(CO)(COC1CCOC1)C1CC1. The molecule has 0 aromatic carbocycles. The van der Waals surface area contributed by atoms with Gasteiger partial charge in [0.15, 0.2) is 0 Å². The number of nitrogens with one attached hydrogen (secondary N) is 1. The Balaban J connectivity index is 1.89. The van der Waals surface area contributed by atoms with Crippen LogP contribution >= 0.6 is 0 Å². The van der Waals surface area contributed by atoms with E-state index in [1.807, 2.05) is 0 Å². The molecule has 100 valence electrons. The molecule has 0 radical (unpaired) electrons. The second kappa shape index (κ2) is 5.65. The molecule has 1 aliphatic carbocycles. The van der Waals surface area contributed by atoms with Crippen LogP contribution in [0.4, 0.5) is 0 Å². The van der Waals surface area contributed by atoms with Crippen molar-refractivity contribution in [2.75, 3.05) is 26.4 Å². The van der Waals surface area contributed by atoms with Gasteiger partial charge in [0.05, 0.1) is 31.5 Å². The monoisotopic (exact) mass is 243 g/mol. The molecule has 0 bridgehead atoms. The smallest absolute Gasteiger partial charge is 0.0831 e. The number of hydrogen-bond donors (Lipinski definition) is 2. The van der Waals surface area contributed by atoms with E-state index in [-0.39, 0.29) is 18.2 Å². The fraction of sp³-hybridized carbons (Fsp3) is 1.00. The Bertz CT molecular complexity index is 237. The molecule has 1 heterocycles. The maximum Gasteiger partial charge on any atom is 0.0831 e. The first kappa shape index (κ1) is 13.3. The van der Waals surface area contributed by atoms with Crippen LogP contribution in [0.1, 0.15) is 33.1 Å². The van der Waals surface area contributed by atoms with E-state index in [1.165, 1.54) is 12.8 Å². The molecule has 2 unspecified atom stereocenters. The van der Waals surface area contributed by atoms with E-state index in [0.29, 0.717) is 25.2 Å². The summed E-state index contributed by atoms with van der Waals surface area (Å²) in [5.74, 6) is 0.567. The third-order valence-electron chi connectivity index (χ3n) is 3.68.